The molecule has 0 bridgehead atoms. The van der Waals surface area contributed by atoms with Gasteiger partial charge in [0.25, 0.3) is 5.91 Å². The van der Waals surface area contributed by atoms with Gasteiger partial charge in [0, 0.05) is 24.2 Å². The third-order valence-electron chi connectivity index (χ3n) is 4.81. The van der Waals surface area contributed by atoms with Gasteiger partial charge in [-0.2, -0.15) is 0 Å². The quantitative estimate of drug-likeness (QED) is 0.669. The fourth-order valence-corrected chi connectivity index (χ4v) is 3.40. The molecule has 150 valence electrons. The Morgan fingerprint density at radius 3 is 2.74 bits per heavy atom. The predicted octanol–water partition coefficient (Wildman–Crippen LogP) is 2.61. The third kappa shape index (κ3) is 7.59. The summed E-state index contributed by atoms with van der Waals surface area (Å²) in [5.74, 6) is -0.121. The molecule has 0 aromatic heterocycles. The number of nitrogens with one attached hydrogen (secondary N) is 3. The van der Waals surface area contributed by atoms with Crippen LogP contribution in [0.4, 0.5) is 10.5 Å². The van der Waals surface area contributed by atoms with Crippen LogP contribution in [0.25, 0.3) is 0 Å². The zero-order valence-electron chi connectivity index (χ0n) is 17.1. The van der Waals surface area contributed by atoms with Crippen LogP contribution in [0.15, 0.2) is 24.3 Å². The van der Waals surface area contributed by atoms with E-state index < -0.39 is 11.7 Å². The molecule has 0 aliphatic carbocycles. The summed E-state index contributed by atoms with van der Waals surface area (Å²) in [6.07, 6.45) is 4.40. The number of likely N-dealkylation sites (tertiary alicyclic amines) is 1. The van der Waals surface area contributed by atoms with Gasteiger partial charge in [-0.1, -0.05) is 6.07 Å². The summed E-state index contributed by atoms with van der Waals surface area (Å²) < 4.78 is 5.23. The van der Waals surface area contributed by atoms with Gasteiger partial charge in [0.1, 0.15) is 5.60 Å². The van der Waals surface area contributed by atoms with Gasteiger partial charge < -0.3 is 15.0 Å². The number of hydrogen-bond acceptors (Lipinski definition) is 3. The lowest BCUT2D eigenvalue weighted by molar-refractivity contribution is -0.928. The van der Waals surface area contributed by atoms with Gasteiger partial charge in [0.15, 0.2) is 0 Å². The number of ether oxygens (including phenoxy) is 1. The number of amides is 2. The average molecular weight is 377 g/mol. The van der Waals surface area contributed by atoms with Gasteiger partial charge in [-0.25, -0.2) is 4.79 Å². The molecule has 1 unspecified atom stereocenters. The summed E-state index contributed by atoms with van der Waals surface area (Å²) >= 11 is 0. The Bertz CT molecular complexity index is 640. The van der Waals surface area contributed by atoms with Crippen LogP contribution in [0, 0.1) is 0 Å². The van der Waals surface area contributed by atoms with Crippen molar-refractivity contribution >= 4 is 17.7 Å². The van der Waals surface area contributed by atoms with Crippen molar-refractivity contribution in [2.24, 2.45) is 0 Å². The van der Waals surface area contributed by atoms with Crippen LogP contribution in [0.3, 0.4) is 0 Å². The number of piperidine rings is 1. The topological polar surface area (TPSA) is 71.9 Å². The first kappa shape index (κ1) is 21.2. The van der Waals surface area contributed by atoms with Crippen molar-refractivity contribution in [1.29, 1.82) is 0 Å². The molecule has 1 fully saturated rings. The first-order valence-electron chi connectivity index (χ1n) is 9.97. The Kier molecular flexibility index (Phi) is 7.66. The van der Waals surface area contributed by atoms with E-state index in [4.69, 9.17) is 4.74 Å². The molecule has 27 heavy (non-hydrogen) atoms. The van der Waals surface area contributed by atoms with Crippen molar-refractivity contribution in [1.82, 2.24) is 5.32 Å². The van der Waals surface area contributed by atoms with E-state index in [1.54, 1.807) is 29.2 Å². The minimum atomic E-state index is -0.563. The summed E-state index contributed by atoms with van der Waals surface area (Å²) in [6, 6.07) is 7.62. The second kappa shape index (κ2) is 9.74. The normalized spacial score (nSPS) is 20.0. The second-order valence-electron chi connectivity index (χ2n) is 8.37. The van der Waals surface area contributed by atoms with Crippen molar-refractivity contribution < 1.29 is 19.2 Å². The monoisotopic (exact) mass is 376 g/mol. The van der Waals surface area contributed by atoms with Crippen LogP contribution in [0.1, 0.15) is 63.7 Å². The molecule has 1 aromatic rings. The standard InChI is InChI=1S/C21H33N3O3/c1-16-9-5-6-13-24(16)14-8-12-22-19(25)17-10-7-11-18(15-17)23-20(26)27-21(2,3)4/h7,10-11,15-16H,5-6,8-9,12-14H2,1-4H3,(H,22,25)(H,23,26)/p+1/t16-/m0/s1. The molecule has 1 aliphatic heterocycles. The van der Waals surface area contributed by atoms with Crippen molar-refractivity contribution in [2.75, 3.05) is 25.0 Å². The zero-order chi connectivity index (χ0) is 19.9. The van der Waals surface area contributed by atoms with Crippen LogP contribution in [0.2, 0.25) is 0 Å². The molecule has 1 aromatic carbocycles. The van der Waals surface area contributed by atoms with Crippen molar-refractivity contribution in [2.45, 2.75) is 65.0 Å². The lowest BCUT2D eigenvalue weighted by Crippen LogP contribution is -3.16. The first-order valence-corrected chi connectivity index (χ1v) is 9.97. The third-order valence-corrected chi connectivity index (χ3v) is 4.81. The lowest BCUT2D eigenvalue weighted by Gasteiger charge is -2.30. The summed E-state index contributed by atoms with van der Waals surface area (Å²) in [4.78, 5) is 25.9. The smallest absolute Gasteiger partial charge is 0.412 e. The molecule has 2 amide bonds. The summed E-state index contributed by atoms with van der Waals surface area (Å²) in [5.41, 5.74) is 0.512. The maximum absolute atomic E-state index is 12.4. The van der Waals surface area contributed by atoms with E-state index >= 15 is 0 Å². The number of carbonyl (C=O) groups is 2. The van der Waals surface area contributed by atoms with E-state index in [0.717, 1.165) is 19.0 Å². The highest BCUT2D eigenvalue weighted by molar-refractivity contribution is 5.96. The lowest BCUT2D eigenvalue weighted by atomic mass is 10.0. The highest BCUT2D eigenvalue weighted by atomic mass is 16.6. The fraction of sp³-hybridized carbons (Fsp3) is 0.619. The van der Waals surface area contributed by atoms with Crippen LogP contribution in [-0.4, -0.2) is 43.3 Å². The SMILES string of the molecule is C[C@H]1CCCC[NH+]1CCCNC(=O)c1cccc(NC(=O)OC(C)(C)C)c1. The van der Waals surface area contributed by atoms with E-state index in [1.807, 2.05) is 20.8 Å². The largest absolute Gasteiger partial charge is 0.444 e. The van der Waals surface area contributed by atoms with Crippen LogP contribution in [0.5, 0.6) is 0 Å². The summed E-state index contributed by atoms with van der Waals surface area (Å²) in [6.45, 7) is 10.7. The number of rotatable bonds is 6. The Morgan fingerprint density at radius 1 is 1.26 bits per heavy atom. The molecule has 2 rings (SSSR count). The maximum atomic E-state index is 12.4. The van der Waals surface area contributed by atoms with Gasteiger partial charge in [-0.15, -0.1) is 0 Å². The molecular weight excluding hydrogens is 342 g/mol. The second-order valence-corrected chi connectivity index (χ2v) is 8.37. The van der Waals surface area contributed by atoms with Crippen LogP contribution in [-0.2, 0) is 4.74 Å². The minimum absolute atomic E-state index is 0.121. The van der Waals surface area contributed by atoms with E-state index in [-0.39, 0.29) is 5.91 Å². The van der Waals surface area contributed by atoms with Crippen LogP contribution >= 0.6 is 0 Å². The van der Waals surface area contributed by atoms with Crippen molar-refractivity contribution in [3.05, 3.63) is 29.8 Å². The molecule has 1 saturated heterocycles. The van der Waals surface area contributed by atoms with E-state index in [9.17, 15) is 9.59 Å². The molecule has 3 N–H and O–H groups in total. The summed E-state index contributed by atoms with van der Waals surface area (Å²) in [7, 11) is 0. The van der Waals surface area contributed by atoms with Crippen molar-refractivity contribution in [3.8, 4) is 0 Å². The van der Waals surface area contributed by atoms with Gasteiger partial charge in [0.2, 0.25) is 0 Å². The highest BCUT2D eigenvalue weighted by Crippen LogP contribution is 2.13. The Hall–Kier alpha value is -2.08. The van der Waals surface area contributed by atoms with Gasteiger partial charge in [-0.05, 0) is 65.2 Å². The number of anilines is 1. The minimum Gasteiger partial charge on any atom is -0.444 e. The average Bonchev–Trinajstić information content (AvgIpc) is 2.58. The predicted molar refractivity (Wildman–Crippen MR) is 107 cm³/mol. The number of hydrogen-bond donors (Lipinski definition) is 3. The van der Waals surface area contributed by atoms with Crippen LogP contribution < -0.4 is 15.5 Å². The zero-order valence-corrected chi connectivity index (χ0v) is 17.1. The molecule has 0 saturated carbocycles. The van der Waals surface area contributed by atoms with Gasteiger partial charge in [-0.3, -0.25) is 10.1 Å². The van der Waals surface area contributed by atoms with E-state index in [2.05, 4.69) is 17.6 Å². The number of benzene rings is 1. The van der Waals surface area contributed by atoms with E-state index in [1.165, 1.54) is 25.8 Å². The Labute approximate surface area is 162 Å². The van der Waals surface area contributed by atoms with Gasteiger partial charge in [0.05, 0.1) is 19.1 Å². The fourth-order valence-electron chi connectivity index (χ4n) is 3.40. The molecule has 6 heteroatoms. The maximum Gasteiger partial charge on any atom is 0.412 e. The molecule has 1 aliphatic rings. The number of quaternary nitrogens is 1. The molecule has 1 heterocycles. The number of carbonyl (C=O) groups excluding carboxylic acids is 2. The first-order chi connectivity index (χ1) is 12.7. The van der Waals surface area contributed by atoms with Crippen molar-refractivity contribution in [3.63, 3.8) is 0 Å². The van der Waals surface area contributed by atoms with E-state index in [0.29, 0.717) is 17.8 Å². The molecule has 0 radical (unpaired) electrons. The Balaban J connectivity index is 1.78. The highest BCUT2D eigenvalue weighted by Gasteiger charge is 2.21. The summed E-state index contributed by atoms with van der Waals surface area (Å²) in [5, 5.41) is 5.64. The molecular formula is C21H34N3O3+. The Morgan fingerprint density at radius 2 is 2.04 bits per heavy atom. The molecule has 0 spiro atoms. The molecule has 2 atom stereocenters. The molecule has 6 nitrogen and oxygen atoms in total. The van der Waals surface area contributed by atoms with Gasteiger partial charge >= 0.3 is 6.09 Å².